The fourth-order valence-corrected chi connectivity index (χ4v) is 2.11. The van der Waals surface area contributed by atoms with Gasteiger partial charge in [-0.25, -0.2) is 0 Å². The van der Waals surface area contributed by atoms with Crippen LogP contribution in [0.25, 0.3) is 0 Å². The zero-order valence-corrected chi connectivity index (χ0v) is 11.9. The molecule has 0 saturated carbocycles. The number of terminal acetylenes is 2. The van der Waals surface area contributed by atoms with Gasteiger partial charge in [-0.1, -0.05) is 49.2 Å². The zero-order chi connectivity index (χ0) is 15.8. The lowest BCUT2D eigenvalue weighted by atomic mass is 10.0. The molecule has 108 valence electrons. The van der Waals surface area contributed by atoms with Gasteiger partial charge in [0.05, 0.1) is 0 Å². The van der Waals surface area contributed by atoms with Gasteiger partial charge in [-0.15, -0.1) is 0 Å². The Morgan fingerprint density at radius 3 is 1.64 bits per heavy atom. The minimum absolute atomic E-state index is 0.0149. The van der Waals surface area contributed by atoms with Gasteiger partial charge in [0.1, 0.15) is 29.5 Å². The van der Waals surface area contributed by atoms with E-state index in [0.717, 1.165) is 11.1 Å². The quantitative estimate of drug-likeness (QED) is 0.767. The summed E-state index contributed by atoms with van der Waals surface area (Å²) < 4.78 is 10.1. The fraction of sp³-hybridized carbons (Fsp3) is 0.105. The molecule has 0 radical (unpaired) electrons. The predicted molar refractivity (Wildman–Crippen MR) is 84.2 cm³/mol. The Hall–Kier alpha value is -3.17. The maximum Gasteiger partial charge on any atom is 0.143 e. The van der Waals surface area contributed by atoms with Crippen molar-refractivity contribution >= 4 is 5.78 Å². The third kappa shape index (κ3) is 3.91. The van der Waals surface area contributed by atoms with E-state index in [1.807, 2.05) is 24.3 Å². The number of Topliss-reactive ketones (excluding diaryl/α,β-unsaturated/α-hetero) is 1. The van der Waals surface area contributed by atoms with Crippen LogP contribution in [0, 0.1) is 25.1 Å². The highest BCUT2D eigenvalue weighted by molar-refractivity contribution is 5.84. The lowest BCUT2D eigenvalue weighted by molar-refractivity contribution is -0.117. The SMILES string of the molecule is C#COc1ccccc1CC(=O)Cc1ccccc1OC#C. The summed E-state index contributed by atoms with van der Waals surface area (Å²) in [4.78, 5) is 12.3. The highest BCUT2D eigenvalue weighted by Gasteiger charge is 2.12. The molecule has 0 aliphatic heterocycles. The van der Waals surface area contributed by atoms with Crippen molar-refractivity contribution in [1.82, 2.24) is 0 Å². The third-order valence-electron chi connectivity index (χ3n) is 3.06. The molecule has 2 rings (SSSR count). The van der Waals surface area contributed by atoms with Crippen LogP contribution in [0.2, 0.25) is 0 Å². The number of carbonyl (C=O) groups excluding carboxylic acids is 1. The first-order valence-electron chi connectivity index (χ1n) is 6.67. The standard InChI is InChI=1S/C19H14O3/c1-3-21-18-11-7-5-9-15(18)13-17(20)14-16-10-6-8-12-19(16)22-4-2/h1-2,5-12H,13-14H2. The van der Waals surface area contributed by atoms with Crippen LogP contribution in [0.5, 0.6) is 11.5 Å². The van der Waals surface area contributed by atoms with Crippen LogP contribution in [-0.4, -0.2) is 5.78 Å². The van der Waals surface area contributed by atoms with E-state index in [2.05, 4.69) is 12.2 Å². The van der Waals surface area contributed by atoms with Gasteiger partial charge in [0.2, 0.25) is 0 Å². The average Bonchev–Trinajstić information content (AvgIpc) is 2.52. The molecule has 0 unspecified atom stereocenters. The summed E-state index contributed by atoms with van der Waals surface area (Å²) in [5, 5.41) is 0. The molecule has 0 aromatic heterocycles. The molecular formula is C19H14O3. The molecule has 0 heterocycles. The summed E-state index contributed by atoms with van der Waals surface area (Å²) >= 11 is 0. The zero-order valence-electron chi connectivity index (χ0n) is 11.9. The number of carbonyl (C=O) groups is 1. The highest BCUT2D eigenvalue weighted by Crippen LogP contribution is 2.22. The topological polar surface area (TPSA) is 35.5 Å². The molecule has 0 fully saturated rings. The summed E-state index contributed by atoms with van der Waals surface area (Å²) in [5.41, 5.74) is 1.50. The highest BCUT2D eigenvalue weighted by atomic mass is 16.5. The number of hydrogen-bond donors (Lipinski definition) is 0. The van der Waals surface area contributed by atoms with Gasteiger partial charge in [-0.05, 0) is 12.1 Å². The first-order chi connectivity index (χ1) is 10.7. The maximum atomic E-state index is 12.3. The molecule has 3 heteroatoms. The molecule has 0 N–H and O–H groups in total. The van der Waals surface area contributed by atoms with Crippen molar-refractivity contribution in [3.8, 4) is 36.6 Å². The summed E-state index contributed by atoms with van der Waals surface area (Å²) in [5.74, 6) is 1.05. The minimum Gasteiger partial charge on any atom is -0.408 e. The number of rotatable bonds is 6. The number of benzene rings is 2. The van der Waals surface area contributed by atoms with Crippen molar-refractivity contribution < 1.29 is 14.3 Å². The van der Waals surface area contributed by atoms with Crippen LogP contribution in [-0.2, 0) is 17.6 Å². The van der Waals surface area contributed by atoms with Crippen LogP contribution in [0.4, 0.5) is 0 Å². The van der Waals surface area contributed by atoms with Crippen LogP contribution >= 0.6 is 0 Å². The molecule has 2 aromatic rings. The third-order valence-corrected chi connectivity index (χ3v) is 3.06. The smallest absolute Gasteiger partial charge is 0.143 e. The number of para-hydroxylation sites is 2. The van der Waals surface area contributed by atoms with Crippen molar-refractivity contribution in [2.45, 2.75) is 12.8 Å². The number of ketones is 1. The predicted octanol–water partition coefficient (Wildman–Crippen LogP) is 2.98. The Kier molecular flexibility index (Phi) is 5.24. The van der Waals surface area contributed by atoms with Gasteiger partial charge in [-0.3, -0.25) is 4.79 Å². The van der Waals surface area contributed by atoms with Crippen molar-refractivity contribution in [2.75, 3.05) is 0 Å². The average molecular weight is 290 g/mol. The van der Waals surface area contributed by atoms with E-state index in [9.17, 15) is 4.79 Å². The summed E-state index contributed by atoms with van der Waals surface area (Å²) in [7, 11) is 0. The lowest BCUT2D eigenvalue weighted by Gasteiger charge is -2.08. The van der Waals surface area contributed by atoms with Crippen molar-refractivity contribution in [2.24, 2.45) is 0 Å². The largest absolute Gasteiger partial charge is 0.408 e. The normalized spacial score (nSPS) is 9.36. The molecule has 0 bridgehead atoms. The van der Waals surface area contributed by atoms with E-state index in [0.29, 0.717) is 11.5 Å². The number of ether oxygens (including phenoxy) is 2. The van der Waals surface area contributed by atoms with Crippen molar-refractivity contribution in [1.29, 1.82) is 0 Å². The van der Waals surface area contributed by atoms with Crippen LogP contribution < -0.4 is 9.47 Å². The molecule has 0 spiro atoms. The first-order valence-corrected chi connectivity index (χ1v) is 6.67. The second-order valence-electron chi connectivity index (χ2n) is 4.55. The summed E-state index contributed by atoms with van der Waals surface area (Å²) in [6, 6.07) is 14.4. The number of hydrogen-bond acceptors (Lipinski definition) is 3. The monoisotopic (exact) mass is 290 g/mol. The summed E-state index contributed by atoms with van der Waals surface area (Å²) in [6.45, 7) is 0. The Morgan fingerprint density at radius 2 is 1.23 bits per heavy atom. The second kappa shape index (κ2) is 7.57. The van der Waals surface area contributed by atoms with E-state index in [1.54, 1.807) is 24.3 Å². The van der Waals surface area contributed by atoms with E-state index in [4.69, 9.17) is 22.3 Å². The molecule has 0 aliphatic rings. The van der Waals surface area contributed by atoms with Gasteiger partial charge >= 0.3 is 0 Å². The van der Waals surface area contributed by atoms with Gasteiger partial charge in [0.25, 0.3) is 0 Å². The Balaban J connectivity index is 2.12. The molecule has 0 atom stereocenters. The minimum atomic E-state index is 0.0149. The van der Waals surface area contributed by atoms with E-state index in [1.165, 1.54) is 0 Å². The van der Waals surface area contributed by atoms with Crippen molar-refractivity contribution in [3.63, 3.8) is 0 Å². The second-order valence-corrected chi connectivity index (χ2v) is 4.55. The van der Waals surface area contributed by atoms with Crippen LogP contribution in [0.3, 0.4) is 0 Å². The Labute approximate surface area is 129 Å². The van der Waals surface area contributed by atoms with Gasteiger partial charge < -0.3 is 9.47 Å². The molecule has 0 amide bonds. The van der Waals surface area contributed by atoms with Gasteiger partial charge in [0, 0.05) is 24.0 Å². The van der Waals surface area contributed by atoms with Crippen LogP contribution in [0.15, 0.2) is 48.5 Å². The molecular weight excluding hydrogens is 276 g/mol. The molecule has 22 heavy (non-hydrogen) atoms. The maximum absolute atomic E-state index is 12.3. The van der Waals surface area contributed by atoms with E-state index < -0.39 is 0 Å². The van der Waals surface area contributed by atoms with Gasteiger partial charge in [0.15, 0.2) is 0 Å². The Morgan fingerprint density at radius 1 is 0.818 bits per heavy atom. The first kappa shape index (κ1) is 15.2. The fourth-order valence-electron chi connectivity index (χ4n) is 2.11. The van der Waals surface area contributed by atoms with Crippen LogP contribution in [0.1, 0.15) is 11.1 Å². The molecule has 0 saturated heterocycles. The van der Waals surface area contributed by atoms with E-state index >= 15 is 0 Å². The Bertz CT molecular complexity index is 684. The van der Waals surface area contributed by atoms with Gasteiger partial charge in [-0.2, -0.15) is 0 Å². The molecule has 0 aliphatic carbocycles. The molecule has 2 aromatic carbocycles. The van der Waals surface area contributed by atoms with Crippen molar-refractivity contribution in [3.05, 3.63) is 59.7 Å². The summed E-state index contributed by atoms with van der Waals surface area (Å²) in [6.07, 6.45) is 15.0. The molecule has 3 nitrogen and oxygen atoms in total. The lowest BCUT2D eigenvalue weighted by Crippen LogP contribution is -2.08. The van der Waals surface area contributed by atoms with E-state index in [-0.39, 0.29) is 18.6 Å².